The number of anilines is 1. The minimum atomic E-state index is -0.361. The van der Waals surface area contributed by atoms with Crippen molar-refractivity contribution in [2.45, 2.75) is 6.42 Å². The summed E-state index contributed by atoms with van der Waals surface area (Å²) in [5, 5.41) is 3.19. The molecule has 2 aromatic heterocycles. The predicted octanol–water partition coefficient (Wildman–Crippen LogP) is -0.994. The van der Waals surface area contributed by atoms with Crippen molar-refractivity contribution >= 4 is 17.1 Å². The molecule has 8 heteroatoms. The van der Waals surface area contributed by atoms with Crippen molar-refractivity contribution in [2.75, 3.05) is 31.6 Å². The number of nitrogens with zero attached hydrogens (tertiary/aromatic N) is 4. The van der Waals surface area contributed by atoms with Crippen LogP contribution in [0.25, 0.3) is 11.2 Å². The van der Waals surface area contributed by atoms with Gasteiger partial charge in [0.1, 0.15) is 0 Å². The lowest BCUT2D eigenvalue weighted by Crippen LogP contribution is -2.36. The Morgan fingerprint density at radius 2 is 2.10 bits per heavy atom. The summed E-state index contributed by atoms with van der Waals surface area (Å²) in [6, 6.07) is 0. The molecule has 21 heavy (non-hydrogen) atoms. The number of rotatable bonds is 3. The fourth-order valence-corrected chi connectivity index (χ4v) is 2.94. The van der Waals surface area contributed by atoms with Gasteiger partial charge in [0.2, 0.25) is 5.95 Å². The van der Waals surface area contributed by atoms with Crippen LogP contribution in [0.2, 0.25) is 0 Å². The van der Waals surface area contributed by atoms with E-state index < -0.39 is 0 Å². The van der Waals surface area contributed by atoms with Gasteiger partial charge in [0.15, 0.2) is 11.2 Å². The summed E-state index contributed by atoms with van der Waals surface area (Å²) < 4.78 is 2.50. The molecule has 3 heterocycles. The van der Waals surface area contributed by atoms with E-state index >= 15 is 0 Å². The number of fused-ring (bicyclic) bond motifs is 1. The summed E-state index contributed by atoms with van der Waals surface area (Å²) in [6.07, 6.45) is 1.09. The molecule has 114 valence electrons. The van der Waals surface area contributed by atoms with Crippen molar-refractivity contribution in [3.05, 3.63) is 20.8 Å². The lowest BCUT2D eigenvalue weighted by Gasteiger charge is -2.14. The second kappa shape index (κ2) is 5.03. The summed E-state index contributed by atoms with van der Waals surface area (Å²) in [4.78, 5) is 33.7. The van der Waals surface area contributed by atoms with E-state index in [9.17, 15) is 9.59 Å². The van der Waals surface area contributed by atoms with Gasteiger partial charge in [-0.2, -0.15) is 4.98 Å². The van der Waals surface area contributed by atoms with E-state index in [0.717, 1.165) is 30.6 Å². The van der Waals surface area contributed by atoms with Crippen molar-refractivity contribution in [3.63, 3.8) is 0 Å². The van der Waals surface area contributed by atoms with E-state index in [1.807, 2.05) is 7.05 Å². The Bertz CT molecular complexity index is 786. The molecule has 0 spiro atoms. The van der Waals surface area contributed by atoms with Crippen LogP contribution >= 0.6 is 0 Å². The van der Waals surface area contributed by atoms with Gasteiger partial charge in [0.05, 0.1) is 0 Å². The van der Waals surface area contributed by atoms with Crippen LogP contribution in [0.3, 0.4) is 0 Å². The van der Waals surface area contributed by atoms with Gasteiger partial charge in [-0.25, -0.2) is 4.79 Å². The standard InChI is InChI=1S/C13H20N6O2/c1-14-6-8-4-5-19(7-8)12-15-9-10(16-12)17(2)13(21)18(3)11(9)20/h8,14H,4-7H2,1-3H3,(H,15,16). The van der Waals surface area contributed by atoms with Crippen molar-refractivity contribution in [1.29, 1.82) is 0 Å². The van der Waals surface area contributed by atoms with Gasteiger partial charge in [0.25, 0.3) is 5.56 Å². The van der Waals surface area contributed by atoms with Gasteiger partial charge in [-0.15, -0.1) is 0 Å². The summed E-state index contributed by atoms with van der Waals surface area (Å²) in [5.74, 6) is 1.25. The number of hydrogen-bond donors (Lipinski definition) is 2. The first-order valence-electron chi connectivity index (χ1n) is 7.08. The smallest absolute Gasteiger partial charge is 0.332 e. The van der Waals surface area contributed by atoms with Crippen LogP contribution in [0.1, 0.15) is 6.42 Å². The molecule has 1 saturated heterocycles. The van der Waals surface area contributed by atoms with E-state index in [1.54, 1.807) is 7.05 Å². The fourth-order valence-electron chi connectivity index (χ4n) is 2.94. The molecular weight excluding hydrogens is 272 g/mol. The number of aromatic amines is 1. The van der Waals surface area contributed by atoms with E-state index in [2.05, 4.69) is 20.2 Å². The van der Waals surface area contributed by atoms with E-state index in [1.165, 1.54) is 11.6 Å². The van der Waals surface area contributed by atoms with E-state index in [0.29, 0.717) is 23.0 Å². The molecule has 2 aromatic rings. The number of imidazole rings is 1. The van der Waals surface area contributed by atoms with Crippen LogP contribution in [-0.4, -0.2) is 45.8 Å². The largest absolute Gasteiger partial charge is 0.342 e. The average molecular weight is 292 g/mol. The summed E-state index contributed by atoms with van der Waals surface area (Å²) in [7, 11) is 5.05. The summed E-state index contributed by atoms with van der Waals surface area (Å²) in [6.45, 7) is 2.77. The zero-order chi connectivity index (χ0) is 15.1. The Morgan fingerprint density at radius 3 is 2.81 bits per heavy atom. The third kappa shape index (κ3) is 2.15. The molecule has 0 radical (unpaired) electrons. The molecule has 0 aromatic carbocycles. The molecule has 2 N–H and O–H groups in total. The van der Waals surface area contributed by atoms with Gasteiger partial charge < -0.3 is 15.2 Å². The maximum atomic E-state index is 12.1. The fraction of sp³-hybridized carbons (Fsp3) is 0.615. The molecule has 1 aliphatic heterocycles. The average Bonchev–Trinajstić information content (AvgIpc) is 3.09. The van der Waals surface area contributed by atoms with E-state index in [4.69, 9.17) is 0 Å². The van der Waals surface area contributed by atoms with Crippen LogP contribution in [0, 0.1) is 5.92 Å². The molecular formula is C13H20N6O2. The number of nitrogens with one attached hydrogen (secondary N) is 2. The van der Waals surface area contributed by atoms with Crippen molar-refractivity contribution < 1.29 is 0 Å². The molecule has 0 aliphatic carbocycles. The third-order valence-corrected chi connectivity index (χ3v) is 4.16. The molecule has 1 fully saturated rings. The second-order valence-corrected chi connectivity index (χ2v) is 5.62. The normalized spacial score (nSPS) is 18.8. The molecule has 3 rings (SSSR count). The lowest BCUT2D eigenvalue weighted by molar-refractivity contribution is 0.548. The number of H-pyrrole nitrogens is 1. The van der Waals surface area contributed by atoms with Gasteiger partial charge in [-0.1, -0.05) is 0 Å². The third-order valence-electron chi connectivity index (χ3n) is 4.16. The van der Waals surface area contributed by atoms with Gasteiger partial charge in [-0.05, 0) is 25.9 Å². The Balaban J connectivity index is 2.03. The Morgan fingerprint density at radius 1 is 1.33 bits per heavy atom. The van der Waals surface area contributed by atoms with E-state index in [-0.39, 0.29) is 11.2 Å². The summed E-state index contributed by atoms with van der Waals surface area (Å²) in [5.41, 5.74) is 0.0969. The Labute approximate surface area is 121 Å². The van der Waals surface area contributed by atoms with Crippen molar-refractivity contribution in [1.82, 2.24) is 24.4 Å². The highest BCUT2D eigenvalue weighted by Crippen LogP contribution is 2.22. The highest BCUT2D eigenvalue weighted by Gasteiger charge is 2.25. The number of hydrogen-bond acceptors (Lipinski definition) is 5. The first-order chi connectivity index (χ1) is 10.0. The van der Waals surface area contributed by atoms with Gasteiger partial charge in [-0.3, -0.25) is 13.9 Å². The monoisotopic (exact) mass is 292 g/mol. The quantitative estimate of drug-likeness (QED) is 0.758. The predicted molar refractivity (Wildman–Crippen MR) is 80.8 cm³/mol. The Kier molecular flexibility index (Phi) is 3.32. The topological polar surface area (TPSA) is 88.0 Å². The van der Waals surface area contributed by atoms with Crippen LogP contribution < -0.4 is 21.5 Å². The minimum absolute atomic E-state index is 0.335. The highest BCUT2D eigenvalue weighted by molar-refractivity contribution is 5.73. The molecule has 1 aliphatic rings. The maximum Gasteiger partial charge on any atom is 0.332 e. The maximum absolute atomic E-state index is 12.1. The number of aryl methyl sites for hydroxylation is 1. The molecule has 1 atom stereocenters. The van der Waals surface area contributed by atoms with Gasteiger partial charge in [0, 0.05) is 27.2 Å². The molecule has 0 saturated carbocycles. The van der Waals surface area contributed by atoms with Crippen LogP contribution in [0.4, 0.5) is 5.95 Å². The highest BCUT2D eigenvalue weighted by atomic mass is 16.2. The zero-order valence-electron chi connectivity index (χ0n) is 12.5. The second-order valence-electron chi connectivity index (χ2n) is 5.62. The molecule has 0 bridgehead atoms. The first kappa shape index (κ1) is 13.9. The SMILES string of the molecule is CNCC1CCN(c2nc3c([nH]2)c(=O)n(C)c(=O)n3C)C1. The van der Waals surface area contributed by atoms with Crippen LogP contribution in [0.5, 0.6) is 0 Å². The molecule has 1 unspecified atom stereocenters. The molecule has 8 nitrogen and oxygen atoms in total. The van der Waals surface area contributed by atoms with Crippen LogP contribution in [-0.2, 0) is 14.1 Å². The first-order valence-corrected chi connectivity index (χ1v) is 7.08. The van der Waals surface area contributed by atoms with Crippen molar-refractivity contribution in [3.8, 4) is 0 Å². The zero-order valence-corrected chi connectivity index (χ0v) is 12.5. The molecule has 0 amide bonds. The summed E-state index contributed by atoms with van der Waals surface area (Å²) >= 11 is 0. The van der Waals surface area contributed by atoms with Crippen molar-refractivity contribution in [2.24, 2.45) is 20.0 Å². The number of aromatic nitrogens is 4. The van der Waals surface area contributed by atoms with Gasteiger partial charge >= 0.3 is 5.69 Å². The minimum Gasteiger partial charge on any atom is -0.342 e. The lowest BCUT2D eigenvalue weighted by atomic mass is 10.1. The van der Waals surface area contributed by atoms with Crippen LogP contribution in [0.15, 0.2) is 9.59 Å². The Hall–Kier alpha value is -2.09.